The van der Waals surface area contributed by atoms with E-state index in [2.05, 4.69) is 5.32 Å². The zero-order valence-corrected chi connectivity index (χ0v) is 15.8. The van der Waals surface area contributed by atoms with Gasteiger partial charge < -0.3 is 10.1 Å². The molecule has 25 heavy (non-hydrogen) atoms. The van der Waals surface area contributed by atoms with Gasteiger partial charge in [-0.05, 0) is 49.2 Å². The van der Waals surface area contributed by atoms with Crippen molar-refractivity contribution in [2.24, 2.45) is 0 Å². The topological polar surface area (TPSA) is 72.5 Å². The Morgan fingerprint density at radius 1 is 1.20 bits per heavy atom. The van der Waals surface area contributed by atoms with Crippen molar-refractivity contribution in [3.63, 3.8) is 0 Å². The summed E-state index contributed by atoms with van der Waals surface area (Å²) in [5.41, 5.74) is 1.79. The number of rotatable bonds is 6. The molecule has 5 nitrogen and oxygen atoms in total. The molecule has 0 spiro atoms. The van der Waals surface area contributed by atoms with Crippen LogP contribution < -0.4 is 10.1 Å². The van der Waals surface area contributed by atoms with Gasteiger partial charge in [0.2, 0.25) is 0 Å². The number of ether oxygens (including phenoxy) is 1. The molecule has 2 rings (SSSR count). The van der Waals surface area contributed by atoms with Crippen molar-refractivity contribution in [3.8, 4) is 5.75 Å². The Morgan fingerprint density at radius 3 is 2.44 bits per heavy atom. The summed E-state index contributed by atoms with van der Waals surface area (Å²) in [6.07, 6.45) is 1.15. The standard InChI is InChI=1S/C18H20ClNO4S/c1-12-4-9-16(19)17(10-12)24-11-18(21)20-13(2)14-5-7-15(8-6-14)25(3,22)23/h4-10,13H,11H2,1-3H3,(H,20,21). The summed E-state index contributed by atoms with van der Waals surface area (Å²) in [5, 5.41) is 3.25. The predicted molar refractivity (Wildman–Crippen MR) is 97.8 cm³/mol. The molecule has 0 aromatic heterocycles. The fraction of sp³-hybridized carbons (Fsp3) is 0.278. The van der Waals surface area contributed by atoms with Gasteiger partial charge >= 0.3 is 0 Å². The molecule has 0 aliphatic rings. The van der Waals surface area contributed by atoms with Crippen LogP contribution in [0.2, 0.25) is 5.02 Å². The van der Waals surface area contributed by atoms with Crippen LogP contribution in [-0.4, -0.2) is 27.2 Å². The monoisotopic (exact) mass is 381 g/mol. The van der Waals surface area contributed by atoms with E-state index >= 15 is 0 Å². The van der Waals surface area contributed by atoms with Crippen LogP contribution in [0.3, 0.4) is 0 Å². The summed E-state index contributed by atoms with van der Waals surface area (Å²) >= 11 is 6.03. The quantitative estimate of drug-likeness (QED) is 0.833. The van der Waals surface area contributed by atoms with E-state index in [1.807, 2.05) is 19.9 Å². The lowest BCUT2D eigenvalue weighted by atomic mass is 10.1. The van der Waals surface area contributed by atoms with Crippen LogP contribution in [0, 0.1) is 6.92 Å². The second-order valence-electron chi connectivity index (χ2n) is 5.85. The lowest BCUT2D eigenvalue weighted by Crippen LogP contribution is -2.31. The first-order valence-electron chi connectivity index (χ1n) is 7.65. The van der Waals surface area contributed by atoms with Crippen molar-refractivity contribution in [3.05, 3.63) is 58.6 Å². The van der Waals surface area contributed by atoms with Gasteiger partial charge in [-0.25, -0.2) is 8.42 Å². The van der Waals surface area contributed by atoms with Crippen molar-refractivity contribution in [2.75, 3.05) is 12.9 Å². The molecule has 1 amide bonds. The first kappa shape index (κ1) is 19.3. The number of aryl methyl sites for hydroxylation is 1. The van der Waals surface area contributed by atoms with Crippen molar-refractivity contribution >= 4 is 27.3 Å². The maximum atomic E-state index is 12.0. The summed E-state index contributed by atoms with van der Waals surface area (Å²) in [7, 11) is -3.24. The van der Waals surface area contributed by atoms with Gasteiger partial charge in [-0.3, -0.25) is 4.79 Å². The van der Waals surface area contributed by atoms with E-state index in [1.54, 1.807) is 24.3 Å². The Morgan fingerprint density at radius 2 is 1.84 bits per heavy atom. The third-order valence-corrected chi connectivity index (χ3v) is 5.07. The normalized spacial score (nSPS) is 12.5. The Labute approximate surface area is 152 Å². The van der Waals surface area contributed by atoms with E-state index in [-0.39, 0.29) is 23.5 Å². The van der Waals surface area contributed by atoms with Crippen molar-refractivity contribution in [2.45, 2.75) is 24.8 Å². The minimum atomic E-state index is -3.24. The van der Waals surface area contributed by atoms with E-state index in [0.717, 1.165) is 17.4 Å². The molecule has 134 valence electrons. The molecule has 1 N–H and O–H groups in total. The fourth-order valence-corrected chi connectivity index (χ4v) is 3.04. The number of benzene rings is 2. The second-order valence-corrected chi connectivity index (χ2v) is 8.28. The van der Waals surface area contributed by atoms with Crippen LogP contribution in [0.4, 0.5) is 0 Å². The highest BCUT2D eigenvalue weighted by Crippen LogP contribution is 2.25. The SMILES string of the molecule is Cc1ccc(Cl)c(OCC(=O)NC(C)c2ccc(S(C)(=O)=O)cc2)c1. The molecule has 0 bridgehead atoms. The van der Waals surface area contributed by atoms with Crippen molar-refractivity contribution in [1.29, 1.82) is 0 Å². The first-order valence-corrected chi connectivity index (χ1v) is 9.92. The van der Waals surface area contributed by atoms with E-state index < -0.39 is 9.84 Å². The smallest absolute Gasteiger partial charge is 0.258 e. The third kappa shape index (κ3) is 5.47. The first-order chi connectivity index (χ1) is 11.7. The zero-order valence-electron chi connectivity index (χ0n) is 14.2. The average Bonchev–Trinajstić information content (AvgIpc) is 2.55. The molecule has 2 aromatic rings. The zero-order chi connectivity index (χ0) is 18.6. The highest BCUT2D eigenvalue weighted by atomic mass is 35.5. The van der Waals surface area contributed by atoms with Gasteiger partial charge in [-0.1, -0.05) is 29.8 Å². The molecular weight excluding hydrogens is 362 g/mol. The van der Waals surface area contributed by atoms with Gasteiger partial charge in [0.1, 0.15) is 5.75 Å². The molecule has 2 aromatic carbocycles. The molecule has 0 saturated carbocycles. The summed E-state index contributed by atoms with van der Waals surface area (Å²) in [4.78, 5) is 12.3. The number of hydrogen-bond donors (Lipinski definition) is 1. The summed E-state index contributed by atoms with van der Waals surface area (Å²) in [6.45, 7) is 3.56. The number of sulfone groups is 1. The van der Waals surface area contributed by atoms with Crippen LogP contribution in [-0.2, 0) is 14.6 Å². The van der Waals surface area contributed by atoms with Crippen LogP contribution in [0.1, 0.15) is 24.1 Å². The Balaban J connectivity index is 1.94. The van der Waals surface area contributed by atoms with Gasteiger partial charge in [-0.15, -0.1) is 0 Å². The van der Waals surface area contributed by atoms with Crippen LogP contribution in [0.15, 0.2) is 47.4 Å². The van der Waals surface area contributed by atoms with Gasteiger partial charge in [0.05, 0.1) is 16.0 Å². The Hall–Kier alpha value is -2.05. The summed E-state index contributed by atoms with van der Waals surface area (Å²) < 4.78 is 28.4. The minimum absolute atomic E-state index is 0.158. The second kappa shape index (κ2) is 7.89. The lowest BCUT2D eigenvalue weighted by molar-refractivity contribution is -0.123. The fourth-order valence-electron chi connectivity index (χ4n) is 2.23. The number of nitrogens with one attached hydrogen (secondary N) is 1. The van der Waals surface area contributed by atoms with Crippen molar-refractivity contribution < 1.29 is 17.9 Å². The number of halogens is 1. The van der Waals surface area contributed by atoms with E-state index in [9.17, 15) is 13.2 Å². The predicted octanol–water partition coefficient (Wildman–Crippen LogP) is 3.31. The van der Waals surface area contributed by atoms with E-state index in [4.69, 9.17) is 16.3 Å². The molecule has 0 radical (unpaired) electrons. The largest absolute Gasteiger partial charge is 0.482 e. The molecule has 1 unspecified atom stereocenters. The number of amides is 1. The molecule has 1 atom stereocenters. The van der Waals surface area contributed by atoms with Gasteiger partial charge in [0.15, 0.2) is 16.4 Å². The lowest BCUT2D eigenvalue weighted by Gasteiger charge is -2.15. The molecule has 0 fully saturated rings. The number of carbonyl (C=O) groups excluding carboxylic acids is 1. The molecule has 0 saturated heterocycles. The maximum Gasteiger partial charge on any atom is 0.258 e. The van der Waals surface area contributed by atoms with Crippen LogP contribution >= 0.6 is 11.6 Å². The Bertz CT molecular complexity index is 863. The van der Waals surface area contributed by atoms with Crippen molar-refractivity contribution in [1.82, 2.24) is 5.32 Å². The molecule has 0 aliphatic carbocycles. The van der Waals surface area contributed by atoms with Gasteiger partial charge in [-0.2, -0.15) is 0 Å². The average molecular weight is 382 g/mol. The Kier molecular flexibility index (Phi) is 6.08. The summed E-state index contributed by atoms with van der Waals surface area (Å²) in [6, 6.07) is 11.5. The van der Waals surface area contributed by atoms with E-state index in [0.29, 0.717) is 10.8 Å². The number of carbonyl (C=O) groups is 1. The van der Waals surface area contributed by atoms with Gasteiger partial charge in [0.25, 0.3) is 5.91 Å². The van der Waals surface area contributed by atoms with E-state index in [1.165, 1.54) is 12.1 Å². The molecule has 0 heterocycles. The maximum absolute atomic E-state index is 12.0. The molecular formula is C18H20ClNO4S. The minimum Gasteiger partial charge on any atom is -0.482 e. The van der Waals surface area contributed by atoms with Crippen LogP contribution in [0.5, 0.6) is 5.75 Å². The summed E-state index contributed by atoms with van der Waals surface area (Å²) in [5.74, 6) is 0.166. The highest BCUT2D eigenvalue weighted by molar-refractivity contribution is 7.90. The van der Waals surface area contributed by atoms with Gasteiger partial charge in [0, 0.05) is 6.26 Å². The van der Waals surface area contributed by atoms with Crippen LogP contribution in [0.25, 0.3) is 0 Å². The number of hydrogen-bond acceptors (Lipinski definition) is 4. The molecule has 0 aliphatic heterocycles. The highest BCUT2D eigenvalue weighted by Gasteiger charge is 2.13. The third-order valence-electron chi connectivity index (χ3n) is 3.63. The molecule has 7 heteroatoms.